The zero-order valence-electron chi connectivity index (χ0n) is 10.3. The first-order valence-corrected chi connectivity index (χ1v) is 6.82. The summed E-state index contributed by atoms with van der Waals surface area (Å²) < 4.78 is 6.58. The van der Waals surface area contributed by atoms with Gasteiger partial charge in [-0.1, -0.05) is 22.0 Å². The predicted molar refractivity (Wildman–Crippen MR) is 73.4 cm³/mol. The molecule has 2 N–H and O–H groups in total. The van der Waals surface area contributed by atoms with Crippen molar-refractivity contribution in [3.8, 4) is 5.75 Å². The van der Waals surface area contributed by atoms with Crippen LogP contribution in [-0.4, -0.2) is 36.0 Å². The number of rotatable bonds is 3. The first-order valence-electron chi connectivity index (χ1n) is 6.03. The van der Waals surface area contributed by atoms with E-state index in [2.05, 4.69) is 15.9 Å². The fourth-order valence-corrected chi connectivity index (χ4v) is 2.42. The Balaban J connectivity index is 1.95. The second-order valence-electron chi connectivity index (χ2n) is 4.55. The van der Waals surface area contributed by atoms with Gasteiger partial charge in [-0.3, -0.25) is 4.79 Å². The van der Waals surface area contributed by atoms with Crippen LogP contribution in [-0.2, 0) is 4.79 Å². The first-order chi connectivity index (χ1) is 8.56. The van der Waals surface area contributed by atoms with Crippen LogP contribution < -0.4 is 10.5 Å². The molecular formula is C13H17BrN2O2. The van der Waals surface area contributed by atoms with Crippen LogP contribution in [0.25, 0.3) is 0 Å². The molecule has 0 aromatic heterocycles. The lowest BCUT2D eigenvalue weighted by atomic mass is 10.3. The van der Waals surface area contributed by atoms with E-state index < -0.39 is 6.10 Å². The summed E-state index contributed by atoms with van der Waals surface area (Å²) in [5.41, 5.74) is 5.79. The van der Waals surface area contributed by atoms with Crippen molar-refractivity contribution < 1.29 is 9.53 Å². The number of amides is 1. The Morgan fingerprint density at radius 2 is 2.39 bits per heavy atom. The van der Waals surface area contributed by atoms with E-state index in [0.717, 1.165) is 17.4 Å². The molecule has 0 bridgehead atoms. The molecule has 4 nitrogen and oxygen atoms in total. The quantitative estimate of drug-likeness (QED) is 0.925. The largest absolute Gasteiger partial charge is 0.481 e. The fraction of sp³-hybridized carbons (Fsp3) is 0.462. The molecule has 98 valence electrons. The maximum Gasteiger partial charge on any atom is 0.263 e. The highest BCUT2D eigenvalue weighted by Crippen LogP contribution is 2.20. The zero-order chi connectivity index (χ0) is 13.1. The van der Waals surface area contributed by atoms with Crippen molar-refractivity contribution in [3.63, 3.8) is 0 Å². The number of carbonyl (C=O) groups is 1. The van der Waals surface area contributed by atoms with Gasteiger partial charge in [-0.05, 0) is 31.5 Å². The molecule has 1 heterocycles. The number of likely N-dealkylation sites (tertiary alicyclic amines) is 1. The van der Waals surface area contributed by atoms with E-state index in [1.165, 1.54) is 0 Å². The van der Waals surface area contributed by atoms with Gasteiger partial charge in [-0.15, -0.1) is 0 Å². The number of benzene rings is 1. The van der Waals surface area contributed by atoms with Gasteiger partial charge in [0.05, 0.1) is 0 Å². The third kappa shape index (κ3) is 3.23. The van der Waals surface area contributed by atoms with Crippen molar-refractivity contribution in [3.05, 3.63) is 28.7 Å². The molecule has 5 heteroatoms. The van der Waals surface area contributed by atoms with E-state index in [4.69, 9.17) is 10.5 Å². The summed E-state index contributed by atoms with van der Waals surface area (Å²) in [6, 6.07) is 7.58. The molecule has 1 aliphatic heterocycles. The highest BCUT2D eigenvalue weighted by Gasteiger charge is 2.28. The molecule has 0 radical (unpaired) electrons. The van der Waals surface area contributed by atoms with Gasteiger partial charge < -0.3 is 15.4 Å². The molecule has 1 aliphatic rings. The predicted octanol–water partition coefficient (Wildman–Crippen LogP) is 1.78. The van der Waals surface area contributed by atoms with Crippen LogP contribution in [0.5, 0.6) is 5.75 Å². The molecule has 2 atom stereocenters. The Morgan fingerprint density at radius 1 is 1.61 bits per heavy atom. The molecule has 1 saturated heterocycles. The van der Waals surface area contributed by atoms with Crippen molar-refractivity contribution in [1.29, 1.82) is 0 Å². The Labute approximate surface area is 115 Å². The average molecular weight is 313 g/mol. The minimum absolute atomic E-state index is 0.00271. The average Bonchev–Trinajstić information content (AvgIpc) is 2.75. The first kappa shape index (κ1) is 13.4. The molecule has 0 unspecified atom stereocenters. The summed E-state index contributed by atoms with van der Waals surface area (Å²) in [5.74, 6) is 0.691. The van der Waals surface area contributed by atoms with Gasteiger partial charge in [-0.25, -0.2) is 0 Å². The lowest BCUT2D eigenvalue weighted by Crippen LogP contribution is -2.40. The summed E-state index contributed by atoms with van der Waals surface area (Å²) in [6.45, 7) is 3.13. The van der Waals surface area contributed by atoms with Crippen molar-refractivity contribution >= 4 is 21.8 Å². The van der Waals surface area contributed by atoms with Crippen LogP contribution in [0.1, 0.15) is 13.3 Å². The van der Waals surface area contributed by atoms with Crippen LogP contribution in [0, 0.1) is 0 Å². The molecule has 1 aromatic carbocycles. The normalized spacial score (nSPS) is 20.8. The molecular weight excluding hydrogens is 296 g/mol. The Morgan fingerprint density at radius 3 is 3.00 bits per heavy atom. The minimum atomic E-state index is -0.482. The Kier molecular flexibility index (Phi) is 4.24. The lowest BCUT2D eigenvalue weighted by Gasteiger charge is -2.21. The van der Waals surface area contributed by atoms with Crippen molar-refractivity contribution in [2.24, 2.45) is 5.73 Å². The van der Waals surface area contributed by atoms with Gasteiger partial charge in [0.25, 0.3) is 5.91 Å². The highest BCUT2D eigenvalue weighted by atomic mass is 79.9. The van der Waals surface area contributed by atoms with E-state index in [1.807, 2.05) is 24.3 Å². The number of carbonyl (C=O) groups excluding carboxylic acids is 1. The van der Waals surface area contributed by atoms with Crippen LogP contribution in [0.15, 0.2) is 28.7 Å². The van der Waals surface area contributed by atoms with Gasteiger partial charge in [0.2, 0.25) is 0 Å². The number of nitrogens with zero attached hydrogens (tertiary/aromatic N) is 1. The van der Waals surface area contributed by atoms with Gasteiger partial charge in [0.1, 0.15) is 5.75 Å². The highest BCUT2D eigenvalue weighted by molar-refractivity contribution is 9.10. The zero-order valence-corrected chi connectivity index (χ0v) is 11.9. The molecule has 1 amide bonds. The van der Waals surface area contributed by atoms with Gasteiger partial charge in [-0.2, -0.15) is 0 Å². The Hall–Kier alpha value is -1.07. The number of nitrogens with two attached hydrogens (primary N) is 1. The van der Waals surface area contributed by atoms with Crippen molar-refractivity contribution in [2.75, 3.05) is 13.1 Å². The summed E-state index contributed by atoms with van der Waals surface area (Å²) in [6.07, 6.45) is 0.389. The molecule has 18 heavy (non-hydrogen) atoms. The fourth-order valence-electron chi connectivity index (χ4n) is 2.04. The summed E-state index contributed by atoms with van der Waals surface area (Å²) in [5, 5.41) is 0. The maximum absolute atomic E-state index is 12.1. The number of halogens is 1. The monoisotopic (exact) mass is 312 g/mol. The summed E-state index contributed by atoms with van der Waals surface area (Å²) in [7, 11) is 0. The third-order valence-corrected chi connectivity index (χ3v) is 3.49. The van der Waals surface area contributed by atoms with Crippen LogP contribution >= 0.6 is 15.9 Å². The number of hydrogen-bond donors (Lipinski definition) is 1. The lowest BCUT2D eigenvalue weighted by molar-refractivity contribution is -0.136. The second kappa shape index (κ2) is 5.71. The van der Waals surface area contributed by atoms with Gasteiger partial charge >= 0.3 is 0 Å². The van der Waals surface area contributed by atoms with E-state index in [0.29, 0.717) is 12.3 Å². The molecule has 0 saturated carbocycles. The topological polar surface area (TPSA) is 55.6 Å². The number of ether oxygens (including phenoxy) is 1. The van der Waals surface area contributed by atoms with E-state index in [1.54, 1.807) is 11.8 Å². The van der Waals surface area contributed by atoms with Crippen LogP contribution in [0.4, 0.5) is 0 Å². The smallest absolute Gasteiger partial charge is 0.263 e. The Bertz CT molecular complexity index is 439. The van der Waals surface area contributed by atoms with Crippen molar-refractivity contribution in [1.82, 2.24) is 4.90 Å². The summed E-state index contributed by atoms with van der Waals surface area (Å²) in [4.78, 5) is 13.9. The van der Waals surface area contributed by atoms with Gasteiger partial charge in [0, 0.05) is 23.6 Å². The standard InChI is InChI=1S/C13H17BrN2O2/c1-9(13(17)16-6-5-11(15)8-16)18-12-4-2-3-10(14)7-12/h2-4,7,9,11H,5-6,8,15H2,1H3/t9-,11+/m0/s1. The maximum atomic E-state index is 12.1. The minimum Gasteiger partial charge on any atom is -0.481 e. The molecule has 0 aliphatic carbocycles. The third-order valence-electron chi connectivity index (χ3n) is 2.99. The SMILES string of the molecule is C[C@H](Oc1cccc(Br)c1)C(=O)N1CC[C@@H](N)C1. The van der Waals surface area contributed by atoms with Crippen LogP contribution in [0.3, 0.4) is 0 Å². The molecule has 1 aromatic rings. The van der Waals surface area contributed by atoms with Crippen LogP contribution in [0.2, 0.25) is 0 Å². The molecule has 1 fully saturated rings. The molecule has 2 rings (SSSR count). The van der Waals surface area contributed by atoms with Crippen molar-refractivity contribution in [2.45, 2.75) is 25.5 Å². The van der Waals surface area contributed by atoms with E-state index in [-0.39, 0.29) is 11.9 Å². The van der Waals surface area contributed by atoms with Gasteiger partial charge in [0.15, 0.2) is 6.10 Å². The van der Waals surface area contributed by atoms with E-state index in [9.17, 15) is 4.79 Å². The summed E-state index contributed by atoms with van der Waals surface area (Å²) >= 11 is 3.37. The van der Waals surface area contributed by atoms with E-state index >= 15 is 0 Å². The second-order valence-corrected chi connectivity index (χ2v) is 5.47. The number of hydrogen-bond acceptors (Lipinski definition) is 3. The molecule has 0 spiro atoms.